The van der Waals surface area contributed by atoms with E-state index in [0.717, 1.165) is 6.07 Å². The molecule has 1 aromatic carbocycles. The van der Waals surface area contributed by atoms with E-state index in [-0.39, 0.29) is 22.9 Å². The minimum atomic E-state index is -4.44. The lowest BCUT2D eigenvalue weighted by Crippen LogP contribution is -2.09. The fraction of sp³-hybridized carbons (Fsp3) is 0.286. The van der Waals surface area contributed by atoms with Crippen molar-refractivity contribution in [1.29, 1.82) is 0 Å². The van der Waals surface area contributed by atoms with Gasteiger partial charge in [-0.15, -0.1) is 5.10 Å². The van der Waals surface area contributed by atoms with Crippen molar-refractivity contribution in [2.75, 3.05) is 5.73 Å². The molecule has 0 aliphatic rings. The second kappa shape index (κ2) is 5.11. The summed E-state index contributed by atoms with van der Waals surface area (Å²) in [5.41, 5.74) is 5.85. The van der Waals surface area contributed by atoms with Crippen molar-refractivity contribution in [3.8, 4) is 11.1 Å². The molecule has 0 aliphatic heterocycles. The number of benzene rings is 1. The summed E-state index contributed by atoms with van der Waals surface area (Å²) in [6, 6.07) is 6.88. The predicted octanol–water partition coefficient (Wildman–Crippen LogP) is 3.87. The fourth-order valence-corrected chi connectivity index (χ4v) is 1.88. The van der Waals surface area contributed by atoms with E-state index < -0.39 is 11.7 Å². The van der Waals surface area contributed by atoms with E-state index in [1.165, 1.54) is 12.1 Å². The van der Waals surface area contributed by atoms with Gasteiger partial charge in [-0.3, -0.25) is 0 Å². The summed E-state index contributed by atoms with van der Waals surface area (Å²) in [5.74, 6) is 0.0472. The van der Waals surface area contributed by atoms with Gasteiger partial charge in [0.1, 0.15) is 0 Å². The van der Waals surface area contributed by atoms with Crippen LogP contribution in [-0.2, 0) is 6.18 Å². The normalized spacial score (nSPS) is 11.9. The summed E-state index contributed by atoms with van der Waals surface area (Å²) in [7, 11) is 0. The molecule has 0 aliphatic carbocycles. The lowest BCUT2D eigenvalue weighted by Gasteiger charge is -2.14. The monoisotopic (exact) mass is 281 g/mol. The first kappa shape index (κ1) is 14.3. The zero-order valence-electron chi connectivity index (χ0n) is 11.1. The Kier molecular flexibility index (Phi) is 3.65. The van der Waals surface area contributed by atoms with Crippen molar-refractivity contribution < 1.29 is 13.2 Å². The third kappa shape index (κ3) is 2.74. The third-order valence-electron chi connectivity index (χ3n) is 2.96. The number of nitrogens with zero attached hydrogens (tertiary/aromatic N) is 2. The molecule has 20 heavy (non-hydrogen) atoms. The van der Waals surface area contributed by atoms with Crippen LogP contribution in [0.15, 0.2) is 30.3 Å². The molecule has 0 fully saturated rings. The number of nitrogens with two attached hydrogens (primary N) is 1. The standard InChI is InChI=1S/C14H14F3N3/c1-8(2)12-7-10(13(18)20-19-12)9-5-3-4-6-11(9)14(15,16)17/h3-8H,1-2H3,(H2,18,20). The quantitative estimate of drug-likeness (QED) is 0.909. The van der Waals surface area contributed by atoms with Crippen LogP contribution in [0.2, 0.25) is 0 Å². The van der Waals surface area contributed by atoms with Crippen molar-refractivity contribution in [1.82, 2.24) is 10.2 Å². The van der Waals surface area contributed by atoms with Gasteiger partial charge in [0.2, 0.25) is 0 Å². The van der Waals surface area contributed by atoms with Gasteiger partial charge in [-0.2, -0.15) is 18.3 Å². The summed E-state index contributed by atoms with van der Waals surface area (Å²) in [5, 5.41) is 7.66. The van der Waals surface area contributed by atoms with Crippen LogP contribution >= 0.6 is 0 Å². The first-order valence-corrected chi connectivity index (χ1v) is 6.10. The summed E-state index contributed by atoms with van der Waals surface area (Å²) in [4.78, 5) is 0. The molecule has 0 atom stereocenters. The maximum Gasteiger partial charge on any atom is 0.417 e. The van der Waals surface area contributed by atoms with Gasteiger partial charge in [0.05, 0.1) is 11.3 Å². The van der Waals surface area contributed by atoms with Crippen molar-refractivity contribution in [2.24, 2.45) is 0 Å². The van der Waals surface area contributed by atoms with Crippen molar-refractivity contribution in [3.05, 3.63) is 41.6 Å². The molecule has 0 unspecified atom stereocenters. The van der Waals surface area contributed by atoms with Gasteiger partial charge in [0, 0.05) is 5.56 Å². The van der Waals surface area contributed by atoms with Crippen LogP contribution in [0.3, 0.4) is 0 Å². The number of aromatic nitrogens is 2. The molecule has 0 bridgehead atoms. The largest absolute Gasteiger partial charge is 0.417 e. The number of nitrogen functional groups attached to an aromatic ring is 1. The van der Waals surface area contributed by atoms with Crippen LogP contribution in [-0.4, -0.2) is 10.2 Å². The first-order chi connectivity index (χ1) is 9.30. The predicted molar refractivity (Wildman–Crippen MR) is 71.0 cm³/mol. The van der Waals surface area contributed by atoms with E-state index in [2.05, 4.69) is 10.2 Å². The van der Waals surface area contributed by atoms with Gasteiger partial charge >= 0.3 is 6.18 Å². The maximum atomic E-state index is 13.0. The van der Waals surface area contributed by atoms with E-state index in [9.17, 15) is 13.2 Å². The summed E-state index contributed by atoms with van der Waals surface area (Å²) >= 11 is 0. The van der Waals surface area contributed by atoms with E-state index in [4.69, 9.17) is 5.73 Å². The zero-order valence-corrected chi connectivity index (χ0v) is 11.1. The highest BCUT2D eigenvalue weighted by molar-refractivity contribution is 5.76. The highest BCUT2D eigenvalue weighted by atomic mass is 19.4. The summed E-state index contributed by atoms with van der Waals surface area (Å²) < 4.78 is 39.1. The van der Waals surface area contributed by atoms with Gasteiger partial charge in [-0.1, -0.05) is 32.0 Å². The maximum absolute atomic E-state index is 13.0. The fourth-order valence-electron chi connectivity index (χ4n) is 1.88. The number of hydrogen-bond acceptors (Lipinski definition) is 3. The second-order valence-electron chi connectivity index (χ2n) is 4.77. The van der Waals surface area contributed by atoms with Crippen LogP contribution in [0.1, 0.15) is 31.0 Å². The minimum Gasteiger partial charge on any atom is -0.382 e. The lowest BCUT2D eigenvalue weighted by molar-refractivity contribution is -0.137. The lowest BCUT2D eigenvalue weighted by atomic mass is 9.98. The molecule has 106 valence electrons. The topological polar surface area (TPSA) is 51.8 Å². The number of rotatable bonds is 2. The van der Waals surface area contributed by atoms with Crippen molar-refractivity contribution in [2.45, 2.75) is 25.9 Å². The number of halogens is 3. The Labute approximate surface area is 114 Å². The first-order valence-electron chi connectivity index (χ1n) is 6.10. The molecule has 0 radical (unpaired) electrons. The molecule has 0 saturated heterocycles. The summed E-state index contributed by atoms with van der Waals surface area (Å²) in [6.45, 7) is 3.78. The third-order valence-corrected chi connectivity index (χ3v) is 2.96. The van der Waals surface area contributed by atoms with Crippen LogP contribution in [0.4, 0.5) is 19.0 Å². The highest BCUT2D eigenvalue weighted by Crippen LogP contribution is 2.38. The Morgan fingerprint density at radius 3 is 2.30 bits per heavy atom. The SMILES string of the molecule is CC(C)c1cc(-c2ccccc2C(F)(F)F)c(N)nn1. The molecule has 0 spiro atoms. The van der Waals surface area contributed by atoms with Gasteiger partial charge in [0.15, 0.2) is 5.82 Å². The molecule has 2 N–H and O–H groups in total. The summed E-state index contributed by atoms with van der Waals surface area (Å²) in [6.07, 6.45) is -4.44. The van der Waals surface area contributed by atoms with Crippen LogP contribution in [0.5, 0.6) is 0 Å². The molecule has 1 aromatic heterocycles. The number of anilines is 1. The smallest absolute Gasteiger partial charge is 0.382 e. The molecule has 3 nitrogen and oxygen atoms in total. The van der Waals surface area contributed by atoms with E-state index >= 15 is 0 Å². The Morgan fingerprint density at radius 1 is 1.05 bits per heavy atom. The molecule has 2 rings (SSSR count). The molecule has 0 amide bonds. The van der Waals surface area contributed by atoms with E-state index in [1.807, 2.05) is 13.8 Å². The van der Waals surface area contributed by atoms with Crippen LogP contribution in [0.25, 0.3) is 11.1 Å². The Balaban J connectivity index is 2.66. The van der Waals surface area contributed by atoms with Crippen LogP contribution in [0, 0.1) is 0 Å². The Morgan fingerprint density at radius 2 is 1.70 bits per heavy atom. The zero-order chi connectivity index (χ0) is 14.9. The molecule has 6 heteroatoms. The molecular formula is C14H14F3N3. The minimum absolute atomic E-state index is 0.00824. The Bertz CT molecular complexity index is 621. The van der Waals surface area contributed by atoms with Crippen molar-refractivity contribution in [3.63, 3.8) is 0 Å². The Hall–Kier alpha value is -2.11. The molecule has 0 saturated carbocycles. The van der Waals surface area contributed by atoms with Gasteiger partial charge in [-0.05, 0) is 23.6 Å². The number of alkyl halides is 3. The van der Waals surface area contributed by atoms with E-state index in [1.54, 1.807) is 12.1 Å². The average Bonchev–Trinajstić information content (AvgIpc) is 2.38. The molecular weight excluding hydrogens is 267 g/mol. The van der Waals surface area contributed by atoms with Gasteiger partial charge < -0.3 is 5.73 Å². The van der Waals surface area contributed by atoms with Gasteiger partial charge in [0.25, 0.3) is 0 Å². The number of hydrogen-bond donors (Lipinski definition) is 1. The molecule has 1 heterocycles. The van der Waals surface area contributed by atoms with E-state index in [0.29, 0.717) is 5.69 Å². The highest BCUT2D eigenvalue weighted by Gasteiger charge is 2.33. The van der Waals surface area contributed by atoms with Crippen LogP contribution < -0.4 is 5.73 Å². The average molecular weight is 281 g/mol. The second-order valence-corrected chi connectivity index (χ2v) is 4.77. The molecule has 2 aromatic rings. The van der Waals surface area contributed by atoms with Crippen molar-refractivity contribution >= 4 is 5.82 Å². The van der Waals surface area contributed by atoms with Gasteiger partial charge in [-0.25, -0.2) is 0 Å².